The lowest BCUT2D eigenvalue weighted by atomic mass is 10.1. The molecule has 18 heteroatoms. The van der Waals surface area contributed by atoms with Gasteiger partial charge in [-0.1, -0.05) is 54.6 Å². The van der Waals surface area contributed by atoms with Crippen LogP contribution < -0.4 is 5.09 Å². The zero-order valence-corrected chi connectivity index (χ0v) is 29.8. The maximum Gasteiger partial charge on any atom is 0.434 e. The van der Waals surface area contributed by atoms with Crippen LogP contribution in [0.3, 0.4) is 0 Å². The fourth-order valence-electron chi connectivity index (χ4n) is 5.46. The molecular formula is C37H32N7O10P. The lowest BCUT2D eigenvalue weighted by Crippen LogP contribution is -2.41. The summed E-state index contributed by atoms with van der Waals surface area (Å²) in [7, 11) is -4.19. The third-order valence-corrected chi connectivity index (χ3v) is 9.54. The number of esters is 3. The molecule has 6 rings (SSSR count). The van der Waals surface area contributed by atoms with E-state index in [0.29, 0.717) is 0 Å². The van der Waals surface area contributed by atoms with E-state index in [1.165, 1.54) is 10.9 Å². The highest BCUT2D eigenvalue weighted by Gasteiger charge is 2.52. The second-order valence-corrected chi connectivity index (χ2v) is 13.4. The van der Waals surface area contributed by atoms with E-state index in [1.807, 2.05) is 12.1 Å². The van der Waals surface area contributed by atoms with E-state index in [1.54, 1.807) is 91.0 Å². The third-order valence-electron chi connectivity index (χ3n) is 8.00. The van der Waals surface area contributed by atoms with Gasteiger partial charge in [0.25, 0.3) is 0 Å². The van der Waals surface area contributed by atoms with Crippen molar-refractivity contribution in [3.8, 4) is 12.1 Å². The first-order valence-corrected chi connectivity index (χ1v) is 18.3. The van der Waals surface area contributed by atoms with Crippen LogP contribution in [0.2, 0.25) is 0 Å². The zero-order valence-electron chi connectivity index (χ0n) is 28.9. The molecule has 0 saturated carbocycles. The third kappa shape index (κ3) is 9.36. The molecule has 1 saturated heterocycles. The number of hydrogen-bond donors (Lipinski definition) is 1. The topological polar surface area (TPSA) is 227 Å². The molecule has 1 aliphatic heterocycles. The molecule has 1 N–H and O–H groups in total. The van der Waals surface area contributed by atoms with Crippen LogP contribution in [0.1, 0.15) is 50.1 Å². The van der Waals surface area contributed by atoms with E-state index in [2.05, 4.69) is 20.0 Å². The van der Waals surface area contributed by atoms with Gasteiger partial charge >= 0.3 is 25.7 Å². The SMILES string of the molecule is N#CCCOP(=O)(Nc1ncnc2c1ncn2[C@@H]1O[C@H](COC(=O)c2ccccc2)[C@@H](OC(=O)c2ccccc2)[C@H]1OC(=O)c1ccccc1)OCCC#N. The maximum atomic E-state index is 13.6. The molecule has 0 unspecified atom stereocenters. The Morgan fingerprint density at radius 2 is 1.27 bits per heavy atom. The first-order chi connectivity index (χ1) is 26.8. The number of nitrogens with one attached hydrogen (secondary N) is 1. The molecule has 0 amide bonds. The quantitative estimate of drug-likeness (QED) is 0.0573. The summed E-state index contributed by atoms with van der Waals surface area (Å²) in [5.41, 5.74) is 0.794. The van der Waals surface area contributed by atoms with Gasteiger partial charge in [0.15, 0.2) is 35.4 Å². The van der Waals surface area contributed by atoms with Crippen LogP contribution >= 0.6 is 7.75 Å². The molecule has 5 aromatic rings. The summed E-state index contributed by atoms with van der Waals surface area (Å²) in [5.74, 6) is -2.30. The van der Waals surface area contributed by atoms with Crippen molar-refractivity contribution in [3.63, 3.8) is 0 Å². The van der Waals surface area contributed by atoms with Gasteiger partial charge in [-0.2, -0.15) is 10.5 Å². The van der Waals surface area contributed by atoms with Crippen molar-refractivity contribution in [2.24, 2.45) is 0 Å². The van der Waals surface area contributed by atoms with Gasteiger partial charge in [0, 0.05) is 0 Å². The number of nitriles is 2. The number of carbonyl (C=O) groups excluding carboxylic acids is 3. The Hall–Kier alpha value is -6.49. The minimum atomic E-state index is -4.19. The molecule has 1 aliphatic rings. The number of aromatic nitrogens is 4. The average molecular weight is 766 g/mol. The second kappa shape index (κ2) is 18.0. The Labute approximate surface area is 313 Å². The minimum Gasteiger partial charge on any atom is -0.459 e. The number of nitrogens with zero attached hydrogens (tertiary/aromatic N) is 6. The normalized spacial score (nSPS) is 17.8. The van der Waals surface area contributed by atoms with Crippen LogP contribution in [-0.4, -0.2) is 75.6 Å². The highest BCUT2D eigenvalue weighted by atomic mass is 31.2. The van der Waals surface area contributed by atoms with Crippen molar-refractivity contribution in [2.45, 2.75) is 37.4 Å². The standard InChI is InChI=1S/C37H32N7O10P/c38-18-10-20-50-55(48,51-21-11-19-39)43-32-29-33(41-23-40-32)44(24-42-29)34-31(54-37(47)27-16-8-3-9-17-27)30(53-36(46)26-14-6-2-7-15-26)28(52-34)22-49-35(45)25-12-4-1-5-13-25/h1-9,12-17,23-24,28,30-31,34H,10-11,20-22H2,(H,40,41,43,48)/t28-,30-,31-,34-/m1/s1. The Morgan fingerprint density at radius 1 is 0.745 bits per heavy atom. The van der Waals surface area contributed by atoms with E-state index < -0.39 is 56.8 Å². The molecule has 55 heavy (non-hydrogen) atoms. The van der Waals surface area contributed by atoms with E-state index in [0.717, 1.165) is 6.33 Å². The molecule has 3 aromatic carbocycles. The summed E-state index contributed by atoms with van der Waals surface area (Å²) in [6.45, 7) is -0.923. The smallest absolute Gasteiger partial charge is 0.434 e. The van der Waals surface area contributed by atoms with Gasteiger partial charge in [0.2, 0.25) is 0 Å². The number of benzene rings is 3. The predicted molar refractivity (Wildman–Crippen MR) is 191 cm³/mol. The van der Waals surface area contributed by atoms with Gasteiger partial charge in [0.1, 0.15) is 19.0 Å². The predicted octanol–water partition coefficient (Wildman–Crippen LogP) is 5.41. The maximum absolute atomic E-state index is 13.6. The monoisotopic (exact) mass is 765 g/mol. The number of rotatable bonds is 16. The van der Waals surface area contributed by atoms with Crippen molar-refractivity contribution >= 4 is 42.6 Å². The molecule has 3 heterocycles. The minimum absolute atomic E-state index is 0.0454. The highest BCUT2D eigenvalue weighted by molar-refractivity contribution is 7.55. The fourth-order valence-corrected chi connectivity index (χ4v) is 6.75. The van der Waals surface area contributed by atoms with Gasteiger partial charge in [-0.3, -0.25) is 18.7 Å². The van der Waals surface area contributed by atoms with Crippen molar-refractivity contribution in [1.29, 1.82) is 10.5 Å². The fraction of sp³-hybridized carbons (Fsp3) is 0.243. The summed E-state index contributed by atoms with van der Waals surface area (Å²) in [5, 5.41) is 20.5. The van der Waals surface area contributed by atoms with Gasteiger partial charge < -0.3 is 18.9 Å². The van der Waals surface area contributed by atoms with Gasteiger partial charge in [-0.25, -0.2) is 33.9 Å². The Kier molecular flexibility index (Phi) is 12.5. The lowest BCUT2D eigenvalue weighted by Gasteiger charge is -2.25. The van der Waals surface area contributed by atoms with E-state index in [4.69, 9.17) is 38.5 Å². The van der Waals surface area contributed by atoms with Gasteiger partial charge in [-0.05, 0) is 36.4 Å². The van der Waals surface area contributed by atoms with Crippen molar-refractivity contribution in [2.75, 3.05) is 24.9 Å². The van der Waals surface area contributed by atoms with E-state index in [-0.39, 0.29) is 59.7 Å². The van der Waals surface area contributed by atoms with Crippen LogP contribution in [0.25, 0.3) is 11.2 Å². The number of hydrogen-bond acceptors (Lipinski definition) is 15. The Bertz CT molecular complexity index is 2220. The highest BCUT2D eigenvalue weighted by Crippen LogP contribution is 2.49. The summed E-state index contributed by atoms with van der Waals surface area (Å²) in [4.78, 5) is 53.1. The van der Waals surface area contributed by atoms with Gasteiger partial charge in [0.05, 0.1) is 61.2 Å². The van der Waals surface area contributed by atoms with Crippen LogP contribution in [-0.2, 0) is 32.6 Å². The number of imidazole rings is 1. The van der Waals surface area contributed by atoms with Crippen molar-refractivity contribution in [3.05, 3.63) is 120 Å². The first kappa shape index (κ1) is 38.2. The molecular weight excluding hydrogens is 733 g/mol. The van der Waals surface area contributed by atoms with Gasteiger partial charge in [-0.15, -0.1) is 0 Å². The molecule has 4 atom stereocenters. The molecule has 17 nitrogen and oxygen atoms in total. The summed E-state index contributed by atoms with van der Waals surface area (Å²) in [6.07, 6.45) is -2.96. The number of ether oxygens (including phenoxy) is 4. The first-order valence-electron chi connectivity index (χ1n) is 16.8. The number of anilines is 1. The number of carbonyl (C=O) groups is 3. The molecule has 1 fully saturated rings. The molecule has 280 valence electrons. The molecule has 0 spiro atoms. The van der Waals surface area contributed by atoms with Crippen LogP contribution in [0.4, 0.5) is 5.82 Å². The molecule has 2 aromatic heterocycles. The second-order valence-electron chi connectivity index (χ2n) is 11.6. The summed E-state index contributed by atoms with van der Waals surface area (Å²) in [6, 6.07) is 28.3. The van der Waals surface area contributed by atoms with E-state index in [9.17, 15) is 18.9 Å². The molecule has 0 radical (unpaired) electrons. The Balaban J connectivity index is 1.37. The molecule has 0 aliphatic carbocycles. The summed E-state index contributed by atoms with van der Waals surface area (Å²) < 4.78 is 49.9. The Morgan fingerprint density at radius 3 is 1.82 bits per heavy atom. The zero-order chi connectivity index (χ0) is 38.6. The average Bonchev–Trinajstić information content (AvgIpc) is 3.79. The lowest BCUT2D eigenvalue weighted by molar-refractivity contribution is -0.0606. The van der Waals surface area contributed by atoms with Crippen LogP contribution in [0.15, 0.2) is 104 Å². The number of fused-ring (bicyclic) bond motifs is 1. The van der Waals surface area contributed by atoms with Crippen molar-refractivity contribution in [1.82, 2.24) is 19.5 Å². The summed E-state index contributed by atoms with van der Waals surface area (Å²) >= 11 is 0. The largest absolute Gasteiger partial charge is 0.459 e. The van der Waals surface area contributed by atoms with Crippen LogP contribution in [0, 0.1) is 22.7 Å². The van der Waals surface area contributed by atoms with Crippen LogP contribution in [0.5, 0.6) is 0 Å². The molecule has 0 bridgehead atoms. The van der Waals surface area contributed by atoms with E-state index >= 15 is 0 Å². The van der Waals surface area contributed by atoms with Crippen molar-refractivity contribution < 1.29 is 46.9 Å².